The Morgan fingerprint density at radius 2 is 2.07 bits per heavy atom. The Bertz CT molecular complexity index is 516. The summed E-state index contributed by atoms with van der Waals surface area (Å²) in [5.41, 5.74) is 1.39. The number of rotatable bonds is 1. The third kappa shape index (κ3) is 1.28. The van der Waals surface area contributed by atoms with E-state index in [1.54, 1.807) is 23.5 Å². The van der Waals surface area contributed by atoms with Gasteiger partial charge in [-0.2, -0.15) is 0 Å². The standard InChI is InChI=1S/C10H9NO2S/c1-6-7(2)14-10-5-8(11(12)13)3-4-9(6)10/h3-5H,1-2H3. The molecule has 0 aliphatic rings. The van der Waals surface area contributed by atoms with Gasteiger partial charge in [0.15, 0.2) is 0 Å². The van der Waals surface area contributed by atoms with Gasteiger partial charge < -0.3 is 0 Å². The number of hydrogen-bond acceptors (Lipinski definition) is 3. The molecule has 1 aromatic carbocycles. The van der Waals surface area contributed by atoms with Gasteiger partial charge in [-0.05, 0) is 30.9 Å². The van der Waals surface area contributed by atoms with Gasteiger partial charge >= 0.3 is 0 Å². The van der Waals surface area contributed by atoms with E-state index in [0.717, 1.165) is 10.1 Å². The van der Waals surface area contributed by atoms with Gasteiger partial charge in [-0.25, -0.2) is 0 Å². The van der Waals surface area contributed by atoms with E-state index in [1.165, 1.54) is 10.4 Å². The second-order valence-corrected chi connectivity index (χ2v) is 4.48. The van der Waals surface area contributed by atoms with Crippen LogP contribution in [0.1, 0.15) is 10.4 Å². The lowest BCUT2D eigenvalue weighted by Gasteiger charge is -1.92. The molecule has 0 saturated heterocycles. The number of benzene rings is 1. The Labute approximate surface area is 85.1 Å². The number of hydrogen-bond donors (Lipinski definition) is 0. The third-order valence-corrected chi connectivity index (χ3v) is 3.54. The Kier molecular flexibility index (Phi) is 2.00. The lowest BCUT2D eigenvalue weighted by Crippen LogP contribution is -1.85. The summed E-state index contributed by atoms with van der Waals surface area (Å²) in [5.74, 6) is 0. The molecular weight excluding hydrogens is 198 g/mol. The maximum absolute atomic E-state index is 10.5. The van der Waals surface area contributed by atoms with Crippen molar-refractivity contribution in [2.75, 3.05) is 0 Å². The minimum atomic E-state index is -0.357. The average Bonchev–Trinajstić information content (AvgIpc) is 2.42. The molecule has 0 atom stereocenters. The number of nitro benzene ring substituents is 1. The van der Waals surface area contributed by atoms with E-state index in [-0.39, 0.29) is 10.6 Å². The van der Waals surface area contributed by atoms with Gasteiger partial charge in [-0.1, -0.05) is 0 Å². The van der Waals surface area contributed by atoms with E-state index in [2.05, 4.69) is 0 Å². The van der Waals surface area contributed by atoms with Crippen molar-refractivity contribution in [3.05, 3.63) is 38.8 Å². The molecule has 0 N–H and O–H groups in total. The fourth-order valence-electron chi connectivity index (χ4n) is 1.45. The molecule has 3 nitrogen and oxygen atoms in total. The molecule has 14 heavy (non-hydrogen) atoms. The summed E-state index contributed by atoms with van der Waals surface area (Å²) in [4.78, 5) is 11.4. The SMILES string of the molecule is Cc1sc2cc([N+](=O)[O-])ccc2c1C. The monoisotopic (exact) mass is 207 g/mol. The maximum atomic E-state index is 10.5. The van der Waals surface area contributed by atoms with Crippen LogP contribution in [-0.2, 0) is 0 Å². The van der Waals surface area contributed by atoms with E-state index in [4.69, 9.17) is 0 Å². The molecule has 0 aliphatic carbocycles. The zero-order valence-corrected chi connectivity index (χ0v) is 8.72. The molecule has 2 rings (SSSR count). The van der Waals surface area contributed by atoms with Crippen molar-refractivity contribution in [1.82, 2.24) is 0 Å². The third-order valence-electron chi connectivity index (χ3n) is 2.37. The van der Waals surface area contributed by atoms with Crippen LogP contribution in [0.25, 0.3) is 10.1 Å². The highest BCUT2D eigenvalue weighted by Crippen LogP contribution is 2.32. The van der Waals surface area contributed by atoms with Crippen molar-refractivity contribution in [2.45, 2.75) is 13.8 Å². The first-order valence-corrected chi connectivity index (χ1v) is 5.05. The molecule has 0 aliphatic heterocycles. The van der Waals surface area contributed by atoms with Crippen molar-refractivity contribution in [3.63, 3.8) is 0 Å². The van der Waals surface area contributed by atoms with E-state index in [0.29, 0.717) is 0 Å². The molecule has 0 bridgehead atoms. The minimum absolute atomic E-state index is 0.166. The first-order valence-electron chi connectivity index (χ1n) is 4.24. The quantitative estimate of drug-likeness (QED) is 0.531. The fraction of sp³-hybridized carbons (Fsp3) is 0.200. The molecule has 72 valence electrons. The van der Waals surface area contributed by atoms with Crippen LogP contribution in [0, 0.1) is 24.0 Å². The van der Waals surface area contributed by atoms with Gasteiger partial charge in [0.25, 0.3) is 5.69 Å². The summed E-state index contributed by atoms with van der Waals surface area (Å²) in [6, 6.07) is 5.02. The van der Waals surface area contributed by atoms with Crippen LogP contribution in [0.15, 0.2) is 18.2 Å². The number of non-ortho nitro benzene ring substituents is 1. The van der Waals surface area contributed by atoms with Crippen LogP contribution in [0.4, 0.5) is 5.69 Å². The van der Waals surface area contributed by atoms with Crippen LogP contribution < -0.4 is 0 Å². The first-order chi connectivity index (χ1) is 6.59. The largest absolute Gasteiger partial charge is 0.270 e. The van der Waals surface area contributed by atoms with Crippen molar-refractivity contribution >= 4 is 27.1 Å². The molecule has 1 heterocycles. The van der Waals surface area contributed by atoms with Crippen molar-refractivity contribution in [2.24, 2.45) is 0 Å². The summed E-state index contributed by atoms with van der Waals surface area (Å²) < 4.78 is 0.995. The lowest BCUT2D eigenvalue weighted by molar-refractivity contribution is -0.384. The van der Waals surface area contributed by atoms with E-state index in [9.17, 15) is 10.1 Å². The van der Waals surface area contributed by atoms with Crippen LogP contribution in [0.3, 0.4) is 0 Å². The Morgan fingerprint density at radius 1 is 1.36 bits per heavy atom. The van der Waals surface area contributed by atoms with Crippen LogP contribution >= 0.6 is 11.3 Å². The number of fused-ring (bicyclic) bond motifs is 1. The normalized spacial score (nSPS) is 10.7. The topological polar surface area (TPSA) is 43.1 Å². The van der Waals surface area contributed by atoms with Gasteiger partial charge in [0, 0.05) is 21.7 Å². The van der Waals surface area contributed by atoms with Crippen LogP contribution in [0.2, 0.25) is 0 Å². The summed E-state index contributed by atoms with van der Waals surface area (Å²) in [6.07, 6.45) is 0. The highest BCUT2D eigenvalue weighted by Gasteiger charge is 2.10. The second kappa shape index (κ2) is 3.06. The van der Waals surface area contributed by atoms with E-state index >= 15 is 0 Å². The second-order valence-electron chi connectivity index (χ2n) is 3.22. The Balaban J connectivity index is 2.73. The number of nitro groups is 1. The molecular formula is C10H9NO2S. The smallest absolute Gasteiger partial charge is 0.258 e. The molecule has 0 radical (unpaired) electrons. The number of aryl methyl sites for hydroxylation is 2. The van der Waals surface area contributed by atoms with Gasteiger partial charge in [0.05, 0.1) is 4.92 Å². The lowest BCUT2D eigenvalue weighted by atomic mass is 10.1. The highest BCUT2D eigenvalue weighted by molar-refractivity contribution is 7.19. The molecule has 0 spiro atoms. The van der Waals surface area contributed by atoms with Crippen LogP contribution in [-0.4, -0.2) is 4.92 Å². The van der Waals surface area contributed by atoms with E-state index in [1.807, 2.05) is 19.9 Å². The van der Waals surface area contributed by atoms with Gasteiger partial charge in [0.1, 0.15) is 0 Å². The van der Waals surface area contributed by atoms with Crippen molar-refractivity contribution in [3.8, 4) is 0 Å². The average molecular weight is 207 g/mol. The van der Waals surface area contributed by atoms with Gasteiger partial charge in [0.2, 0.25) is 0 Å². The maximum Gasteiger partial charge on any atom is 0.270 e. The van der Waals surface area contributed by atoms with Crippen molar-refractivity contribution in [1.29, 1.82) is 0 Å². The summed E-state index contributed by atoms with van der Waals surface area (Å²) in [6.45, 7) is 4.08. The zero-order chi connectivity index (χ0) is 10.3. The molecule has 0 amide bonds. The summed E-state index contributed by atoms with van der Waals surface area (Å²) >= 11 is 1.61. The molecule has 0 fully saturated rings. The highest BCUT2D eigenvalue weighted by atomic mass is 32.1. The first kappa shape index (κ1) is 9.15. The molecule has 1 aromatic heterocycles. The van der Waals surface area contributed by atoms with Gasteiger partial charge in [-0.3, -0.25) is 10.1 Å². The predicted molar refractivity (Wildman–Crippen MR) is 58.0 cm³/mol. The Hall–Kier alpha value is -1.42. The Morgan fingerprint density at radius 3 is 2.71 bits per heavy atom. The van der Waals surface area contributed by atoms with Gasteiger partial charge in [-0.15, -0.1) is 11.3 Å². The fourth-order valence-corrected chi connectivity index (χ4v) is 2.55. The number of nitrogens with zero attached hydrogens (tertiary/aromatic N) is 1. The molecule has 0 unspecified atom stereocenters. The molecule has 2 aromatic rings. The zero-order valence-electron chi connectivity index (χ0n) is 7.90. The summed E-state index contributed by atoms with van der Waals surface area (Å²) in [5, 5.41) is 11.7. The summed E-state index contributed by atoms with van der Waals surface area (Å²) in [7, 11) is 0. The molecule has 0 saturated carbocycles. The number of thiophene rings is 1. The molecule has 4 heteroatoms. The predicted octanol–water partition coefficient (Wildman–Crippen LogP) is 3.43. The van der Waals surface area contributed by atoms with Crippen molar-refractivity contribution < 1.29 is 4.92 Å². The minimum Gasteiger partial charge on any atom is -0.258 e. The van der Waals surface area contributed by atoms with E-state index < -0.39 is 0 Å². The van der Waals surface area contributed by atoms with Crippen LogP contribution in [0.5, 0.6) is 0 Å².